The van der Waals surface area contributed by atoms with E-state index in [-0.39, 0.29) is 24.2 Å². The number of hydroxylamine groups is 1. The van der Waals surface area contributed by atoms with E-state index in [1.807, 2.05) is 31.2 Å². The number of nitrogens with two attached hydrogens (primary N) is 2. The van der Waals surface area contributed by atoms with Crippen LogP contribution in [0.1, 0.15) is 22.3 Å². The lowest BCUT2D eigenvalue weighted by molar-refractivity contribution is -0.128. The van der Waals surface area contributed by atoms with Crippen molar-refractivity contribution in [2.45, 2.75) is 18.6 Å². The number of rotatable bonds is 7. The molecule has 0 aromatic heterocycles. The molecule has 0 aliphatic carbocycles. The Labute approximate surface area is 169 Å². The van der Waals surface area contributed by atoms with E-state index >= 15 is 0 Å². The van der Waals surface area contributed by atoms with Crippen LogP contribution in [0.5, 0.6) is 0 Å². The van der Waals surface area contributed by atoms with Crippen LogP contribution in [0.15, 0.2) is 42.5 Å². The molecular formula is C19H24N4O5S. The molecule has 0 fully saturated rings. The molecule has 9 nitrogen and oxygen atoms in total. The molecule has 0 bridgehead atoms. The van der Waals surface area contributed by atoms with Crippen LogP contribution in [0.2, 0.25) is 0 Å². The van der Waals surface area contributed by atoms with E-state index in [0.29, 0.717) is 0 Å². The van der Waals surface area contributed by atoms with Crippen molar-refractivity contribution in [3.63, 3.8) is 0 Å². The quantitative estimate of drug-likeness (QED) is 0.170. The molecule has 6 N–H and O–H groups in total. The monoisotopic (exact) mass is 420 g/mol. The molecule has 2 rings (SSSR count). The van der Waals surface area contributed by atoms with Crippen molar-refractivity contribution in [1.82, 2.24) is 10.5 Å². The van der Waals surface area contributed by atoms with E-state index in [9.17, 15) is 18.0 Å². The summed E-state index contributed by atoms with van der Waals surface area (Å²) in [5, 5.41) is 7.96. The third-order valence-corrected chi connectivity index (χ3v) is 5.96. The van der Waals surface area contributed by atoms with Gasteiger partial charge in [-0.2, -0.15) is 0 Å². The van der Waals surface area contributed by atoms with E-state index in [2.05, 4.69) is 0 Å². The molecule has 1 unspecified atom stereocenters. The Hall–Kier alpha value is -2.95. The minimum absolute atomic E-state index is 0.158. The van der Waals surface area contributed by atoms with Gasteiger partial charge in [0.05, 0.1) is 5.56 Å². The largest absolute Gasteiger partial charge is 0.398 e. The molecule has 0 saturated heterocycles. The van der Waals surface area contributed by atoms with Gasteiger partial charge in [0, 0.05) is 18.5 Å². The molecule has 0 spiro atoms. The summed E-state index contributed by atoms with van der Waals surface area (Å²) < 4.78 is 23.4. The summed E-state index contributed by atoms with van der Waals surface area (Å²) in [6.45, 7) is 1.75. The molecule has 0 radical (unpaired) electrons. The molecule has 2 aromatic carbocycles. The normalized spacial score (nSPS) is 12.3. The van der Waals surface area contributed by atoms with E-state index in [0.717, 1.165) is 28.0 Å². The maximum absolute atomic E-state index is 12.6. The van der Waals surface area contributed by atoms with Crippen molar-refractivity contribution in [1.29, 1.82) is 0 Å². The maximum atomic E-state index is 12.6. The van der Waals surface area contributed by atoms with E-state index in [1.54, 1.807) is 18.2 Å². The molecule has 0 heterocycles. The topological polar surface area (TPSA) is 156 Å². The highest BCUT2D eigenvalue weighted by molar-refractivity contribution is 7.92. The van der Waals surface area contributed by atoms with Crippen LogP contribution in [0.4, 0.5) is 5.69 Å². The highest BCUT2D eigenvalue weighted by atomic mass is 32.2. The van der Waals surface area contributed by atoms with Crippen LogP contribution in [0.3, 0.4) is 0 Å². The van der Waals surface area contributed by atoms with Gasteiger partial charge in [-0.3, -0.25) is 19.8 Å². The number of sulfone groups is 1. The number of nitrogen functional groups attached to an aromatic ring is 1. The van der Waals surface area contributed by atoms with Crippen molar-refractivity contribution in [2.24, 2.45) is 5.84 Å². The van der Waals surface area contributed by atoms with Crippen molar-refractivity contribution >= 4 is 27.3 Å². The Morgan fingerprint density at radius 1 is 1.14 bits per heavy atom. The highest BCUT2D eigenvalue weighted by Crippen LogP contribution is 2.25. The summed E-state index contributed by atoms with van der Waals surface area (Å²) in [7, 11) is -3.80. The van der Waals surface area contributed by atoms with Gasteiger partial charge >= 0.3 is 0 Å². The van der Waals surface area contributed by atoms with Crippen LogP contribution in [0.25, 0.3) is 11.1 Å². The number of carbonyl (C=O) groups excluding carboxylic acids is 2. The zero-order chi connectivity index (χ0) is 21.8. The first-order valence-corrected chi connectivity index (χ1v) is 10.7. The highest BCUT2D eigenvalue weighted by Gasteiger charge is 2.29. The zero-order valence-electron chi connectivity index (χ0n) is 16.1. The second-order valence-electron chi connectivity index (χ2n) is 6.75. The summed E-state index contributed by atoms with van der Waals surface area (Å²) in [6, 6.07) is 12.8. The maximum Gasteiger partial charge on any atom is 0.269 e. The van der Waals surface area contributed by atoms with Crippen LogP contribution in [-0.4, -0.2) is 48.5 Å². The summed E-state index contributed by atoms with van der Waals surface area (Å²) in [4.78, 5) is 24.1. The number of anilines is 1. The lowest BCUT2D eigenvalue weighted by Gasteiger charge is -2.20. The van der Waals surface area contributed by atoms with Gasteiger partial charge in [0.25, 0.3) is 11.8 Å². The molecule has 2 aromatic rings. The Kier molecular flexibility index (Phi) is 6.96. The van der Waals surface area contributed by atoms with Gasteiger partial charge in [-0.05, 0) is 36.6 Å². The van der Waals surface area contributed by atoms with E-state index in [4.69, 9.17) is 16.8 Å². The lowest BCUT2D eigenvalue weighted by Crippen LogP contribution is -2.44. The number of nitrogens with zero attached hydrogens (tertiary/aromatic N) is 1. The van der Waals surface area contributed by atoms with Crippen molar-refractivity contribution in [3.8, 4) is 11.1 Å². The van der Waals surface area contributed by atoms with Gasteiger partial charge < -0.3 is 5.73 Å². The Morgan fingerprint density at radius 3 is 2.24 bits per heavy atom. The van der Waals surface area contributed by atoms with Crippen LogP contribution in [-0.2, 0) is 14.6 Å². The molecule has 0 aliphatic rings. The van der Waals surface area contributed by atoms with Crippen molar-refractivity contribution in [2.75, 3.05) is 18.5 Å². The van der Waals surface area contributed by atoms with Crippen molar-refractivity contribution < 1.29 is 23.2 Å². The van der Waals surface area contributed by atoms with Gasteiger partial charge in [0.2, 0.25) is 0 Å². The summed E-state index contributed by atoms with van der Waals surface area (Å²) in [5.41, 5.74) is 10.6. The number of aryl methyl sites for hydroxylation is 1. The van der Waals surface area contributed by atoms with Crippen molar-refractivity contribution in [3.05, 3.63) is 53.6 Å². The van der Waals surface area contributed by atoms with Gasteiger partial charge in [-0.15, -0.1) is 0 Å². The second kappa shape index (κ2) is 9.03. The van der Waals surface area contributed by atoms with E-state index < -0.39 is 26.9 Å². The predicted octanol–water partition coefficient (Wildman–Crippen LogP) is 0.869. The number of carbonyl (C=O) groups is 2. The van der Waals surface area contributed by atoms with Gasteiger partial charge in [-0.1, -0.05) is 35.9 Å². The number of nitrogens with one attached hydrogen (secondary N) is 1. The molecular weight excluding hydrogens is 396 g/mol. The third kappa shape index (κ3) is 5.53. The predicted molar refractivity (Wildman–Crippen MR) is 109 cm³/mol. The summed E-state index contributed by atoms with van der Waals surface area (Å²) >= 11 is 0. The number of hydrogen-bond acceptors (Lipinski definition) is 7. The van der Waals surface area contributed by atoms with Gasteiger partial charge in [0.1, 0.15) is 5.25 Å². The standard InChI is InChI=1S/C19H24N4O5S/c1-12-3-5-13(6-4-12)14-7-8-15(16(20)11-14)19(25)23(21)10-9-17(18(24)22-26)29(2,27)28/h3-8,11,17,26H,9-10,20-21H2,1-2H3,(H,22,24). The third-order valence-electron chi connectivity index (χ3n) is 4.48. The molecule has 1 atom stereocenters. The Bertz CT molecular complexity index is 1010. The number of amides is 2. The second-order valence-corrected chi connectivity index (χ2v) is 8.98. The average molecular weight is 420 g/mol. The first kappa shape index (κ1) is 22.3. The number of benzene rings is 2. The minimum atomic E-state index is -3.80. The molecule has 10 heteroatoms. The fourth-order valence-corrected chi connectivity index (χ4v) is 3.78. The van der Waals surface area contributed by atoms with Gasteiger partial charge in [-0.25, -0.2) is 19.7 Å². The molecule has 156 valence electrons. The Morgan fingerprint density at radius 2 is 1.72 bits per heavy atom. The fourth-order valence-electron chi connectivity index (χ4n) is 2.81. The molecule has 29 heavy (non-hydrogen) atoms. The van der Waals surface area contributed by atoms with E-state index in [1.165, 1.54) is 5.48 Å². The smallest absolute Gasteiger partial charge is 0.269 e. The molecule has 0 saturated carbocycles. The Balaban J connectivity index is 2.14. The molecule has 2 amide bonds. The molecule has 0 aliphatic heterocycles. The number of hydrogen-bond donors (Lipinski definition) is 4. The van der Waals surface area contributed by atoms with Crippen LogP contribution >= 0.6 is 0 Å². The average Bonchev–Trinajstić information content (AvgIpc) is 2.66. The van der Waals surface area contributed by atoms with Gasteiger partial charge in [0.15, 0.2) is 9.84 Å². The first-order chi connectivity index (χ1) is 13.5. The van der Waals surface area contributed by atoms with Crippen LogP contribution in [0, 0.1) is 6.92 Å². The minimum Gasteiger partial charge on any atom is -0.398 e. The summed E-state index contributed by atoms with van der Waals surface area (Å²) in [6.07, 6.45) is 0.576. The lowest BCUT2D eigenvalue weighted by atomic mass is 10.0. The summed E-state index contributed by atoms with van der Waals surface area (Å²) in [5.74, 6) is 4.05. The zero-order valence-corrected chi connectivity index (χ0v) is 16.9. The fraction of sp³-hybridized carbons (Fsp3) is 0.263. The van der Waals surface area contributed by atoms with Crippen LogP contribution < -0.4 is 17.1 Å². The first-order valence-electron chi connectivity index (χ1n) is 8.70. The number of hydrazine groups is 1. The SMILES string of the molecule is Cc1ccc(-c2ccc(C(=O)N(N)CCC(C(=O)NO)S(C)(=O)=O)c(N)c2)cc1.